The summed E-state index contributed by atoms with van der Waals surface area (Å²) in [7, 11) is 0. The number of benzene rings is 4. The highest BCUT2D eigenvalue weighted by atomic mass is 16.5. The Morgan fingerprint density at radius 3 is 2.00 bits per heavy atom. The van der Waals surface area contributed by atoms with Gasteiger partial charge >= 0.3 is 0 Å². The van der Waals surface area contributed by atoms with Gasteiger partial charge in [0.15, 0.2) is 0 Å². The van der Waals surface area contributed by atoms with Crippen molar-refractivity contribution in [3.63, 3.8) is 0 Å². The molecule has 0 aliphatic heterocycles. The molecule has 0 amide bonds. The van der Waals surface area contributed by atoms with E-state index in [9.17, 15) is 0 Å². The van der Waals surface area contributed by atoms with Gasteiger partial charge in [-0.2, -0.15) is 0 Å². The standard InChI is InChI=1S/C36H37N7O/c1-20(2)38-23(6)25-9-14-29-31(18-25)42-35(40-29)24-7-12-28(13-8-24)44-33-16-11-27(17-22(33)5)36-41-30-15-10-26(19-32(30)43-36)34(37)39-21(3)4/h7-21,38H,6H2,1-5H3,(H2,37,39)(H,40,42)(H,41,43). The van der Waals surface area contributed by atoms with E-state index in [1.807, 2.05) is 87.5 Å². The molecule has 0 spiro atoms. The number of hydrogen-bond acceptors (Lipinski definition) is 5. The molecule has 5 N–H and O–H groups in total. The SMILES string of the molecule is C=C(NC(C)C)c1ccc2nc(-c3ccc(Oc4ccc(-c5nc6ccc(C(N)=NC(C)C)cc6[nH]5)cc4C)cc3)[nH]c2c1. The van der Waals surface area contributed by atoms with Crippen molar-refractivity contribution in [2.24, 2.45) is 10.7 Å². The molecule has 8 heteroatoms. The summed E-state index contributed by atoms with van der Waals surface area (Å²) in [5.41, 5.74) is 15.6. The zero-order chi connectivity index (χ0) is 31.0. The molecule has 222 valence electrons. The van der Waals surface area contributed by atoms with Crippen molar-refractivity contribution < 1.29 is 4.74 Å². The molecular formula is C36H37N7O. The van der Waals surface area contributed by atoms with Gasteiger partial charge < -0.3 is 25.8 Å². The number of nitrogens with one attached hydrogen (secondary N) is 3. The minimum absolute atomic E-state index is 0.133. The van der Waals surface area contributed by atoms with Gasteiger partial charge in [0.2, 0.25) is 0 Å². The largest absolute Gasteiger partial charge is 0.457 e. The van der Waals surface area contributed by atoms with E-state index in [1.54, 1.807) is 0 Å². The number of fused-ring (bicyclic) bond motifs is 2. The fourth-order valence-electron chi connectivity index (χ4n) is 5.14. The van der Waals surface area contributed by atoms with Gasteiger partial charge in [-0.25, -0.2) is 9.97 Å². The Hall–Kier alpha value is -5.37. The molecule has 0 aliphatic carbocycles. The maximum absolute atomic E-state index is 6.25. The Morgan fingerprint density at radius 1 is 0.795 bits per heavy atom. The third-order valence-electron chi connectivity index (χ3n) is 7.27. The van der Waals surface area contributed by atoms with Gasteiger partial charge in [-0.1, -0.05) is 12.6 Å². The van der Waals surface area contributed by atoms with E-state index < -0.39 is 0 Å². The number of ether oxygens (including phenoxy) is 1. The Labute approximate surface area is 257 Å². The summed E-state index contributed by atoms with van der Waals surface area (Å²) in [4.78, 5) is 20.9. The molecule has 0 saturated heterocycles. The van der Waals surface area contributed by atoms with Crippen LogP contribution < -0.4 is 15.8 Å². The Morgan fingerprint density at radius 2 is 1.39 bits per heavy atom. The number of aryl methyl sites for hydroxylation is 1. The van der Waals surface area contributed by atoms with Crippen LogP contribution in [0, 0.1) is 6.92 Å². The summed E-state index contributed by atoms with van der Waals surface area (Å²) in [6.07, 6.45) is 0. The molecule has 4 aromatic carbocycles. The summed E-state index contributed by atoms with van der Waals surface area (Å²) in [5, 5.41) is 3.36. The highest BCUT2D eigenvalue weighted by molar-refractivity contribution is 6.00. The lowest BCUT2D eigenvalue weighted by Gasteiger charge is -2.12. The molecule has 0 unspecified atom stereocenters. The third-order valence-corrected chi connectivity index (χ3v) is 7.27. The highest BCUT2D eigenvalue weighted by Gasteiger charge is 2.12. The number of imidazole rings is 2. The van der Waals surface area contributed by atoms with E-state index in [4.69, 9.17) is 20.4 Å². The van der Waals surface area contributed by atoms with Gasteiger partial charge in [-0.3, -0.25) is 4.99 Å². The van der Waals surface area contributed by atoms with Gasteiger partial charge in [0.25, 0.3) is 0 Å². The minimum atomic E-state index is 0.133. The lowest BCUT2D eigenvalue weighted by Crippen LogP contribution is -2.20. The lowest BCUT2D eigenvalue weighted by atomic mass is 10.1. The lowest BCUT2D eigenvalue weighted by molar-refractivity contribution is 0.479. The monoisotopic (exact) mass is 583 g/mol. The first-order chi connectivity index (χ1) is 21.1. The van der Waals surface area contributed by atoms with Crippen LogP contribution in [0.2, 0.25) is 0 Å². The van der Waals surface area contributed by atoms with E-state index in [0.717, 1.165) is 78.7 Å². The van der Waals surface area contributed by atoms with Crippen LogP contribution in [0.5, 0.6) is 11.5 Å². The summed E-state index contributed by atoms with van der Waals surface area (Å²) in [5.74, 6) is 3.64. The maximum atomic E-state index is 6.25. The van der Waals surface area contributed by atoms with Crippen LogP contribution in [0.15, 0.2) is 90.4 Å². The van der Waals surface area contributed by atoms with Crippen LogP contribution in [-0.4, -0.2) is 37.9 Å². The number of aromatic nitrogens is 4. The summed E-state index contributed by atoms with van der Waals surface area (Å²) >= 11 is 0. The van der Waals surface area contributed by atoms with Gasteiger partial charge in [0.1, 0.15) is 29.0 Å². The predicted molar refractivity (Wildman–Crippen MR) is 181 cm³/mol. The van der Waals surface area contributed by atoms with Gasteiger partial charge in [0, 0.05) is 34.5 Å². The Balaban J connectivity index is 1.17. The van der Waals surface area contributed by atoms with Gasteiger partial charge in [-0.05, 0) is 119 Å². The average molecular weight is 584 g/mol. The number of H-pyrrole nitrogens is 2. The molecule has 2 aromatic heterocycles. The first-order valence-electron chi connectivity index (χ1n) is 14.8. The van der Waals surface area contributed by atoms with Crippen molar-refractivity contribution in [3.05, 3.63) is 102 Å². The molecule has 0 bridgehead atoms. The van der Waals surface area contributed by atoms with Crippen LogP contribution >= 0.6 is 0 Å². The first-order valence-corrected chi connectivity index (χ1v) is 14.8. The fourth-order valence-corrected chi connectivity index (χ4v) is 5.14. The summed E-state index contributed by atoms with van der Waals surface area (Å²) < 4.78 is 6.25. The maximum Gasteiger partial charge on any atom is 0.138 e. The second kappa shape index (κ2) is 11.7. The van der Waals surface area contributed by atoms with Crippen LogP contribution in [0.3, 0.4) is 0 Å². The third kappa shape index (κ3) is 6.06. The fraction of sp³-hybridized carbons (Fsp3) is 0.194. The summed E-state index contributed by atoms with van der Waals surface area (Å²) in [6, 6.07) is 26.5. The smallest absolute Gasteiger partial charge is 0.138 e. The Bertz CT molecular complexity index is 2010. The van der Waals surface area contributed by atoms with Crippen molar-refractivity contribution in [2.45, 2.75) is 46.7 Å². The topological polar surface area (TPSA) is 117 Å². The molecule has 0 radical (unpaired) electrons. The number of aromatic amines is 2. The molecule has 6 aromatic rings. The summed E-state index contributed by atoms with van der Waals surface area (Å²) in [6.45, 7) is 14.4. The normalized spacial score (nSPS) is 12.0. The van der Waals surface area contributed by atoms with E-state index in [1.165, 1.54) is 0 Å². The number of hydrogen-bond donors (Lipinski definition) is 4. The number of nitrogens with two attached hydrogens (primary N) is 1. The molecule has 0 atom stereocenters. The first kappa shape index (κ1) is 28.7. The van der Waals surface area contributed by atoms with Crippen LogP contribution in [0.25, 0.3) is 50.5 Å². The van der Waals surface area contributed by atoms with Crippen molar-refractivity contribution in [1.82, 2.24) is 25.3 Å². The van der Waals surface area contributed by atoms with Crippen molar-refractivity contribution >= 4 is 33.6 Å². The van der Waals surface area contributed by atoms with E-state index in [2.05, 4.69) is 52.8 Å². The minimum Gasteiger partial charge on any atom is -0.457 e. The van der Waals surface area contributed by atoms with Crippen molar-refractivity contribution in [1.29, 1.82) is 0 Å². The van der Waals surface area contributed by atoms with Crippen LogP contribution in [0.1, 0.15) is 44.4 Å². The number of rotatable bonds is 9. The van der Waals surface area contributed by atoms with Gasteiger partial charge in [-0.15, -0.1) is 0 Å². The molecular weight excluding hydrogens is 546 g/mol. The number of nitrogens with zero attached hydrogens (tertiary/aromatic N) is 3. The second-order valence-electron chi connectivity index (χ2n) is 11.6. The molecule has 8 nitrogen and oxygen atoms in total. The number of amidine groups is 1. The molecule has 0 aliphatic rings. The van der Waals surface area contributed by atoms with E-state index in [0.29, 0.717) is 11.9 Å². The molecule has 2 heterocycles. The van der Waals surface area contributed by atoms with E-state index in [-0.39, 0.29) is 6.04 Å². The van der Waals surface area contributed by atoms with E-state index >= 15 is 0 Å². The van der Waals surface area contributed by atoms with Gasteiger partial charge in [0.05, 0.1) is 22.1 Å². The zero-order valence-corrected chi connectivity index (χ0v) is 25.7. The van der Waals surface area contributed by atoms with Crippen molar-refractivity contribution in [2.75, 3.05) is 0 Å². The Kier molecular flexibility index (Phi) is 7.66. The quantitative estimate of drug-likeness (QED) is 0.102. The van der Waals surface area contributed by atoms with Crippen LogP contribution in [-0.2, 0) is 0 Å². The predicted octanol–water partition coefficient (Wildman–Crippen LogP) is 7.96. The van der Waals surface area contributed by atoms with Crippen molar-refractivity contribution in [3.8, 4) is 34.3 Å². The second-order valence-corrected chi connectivity index (χ2v) is 11.6. The average Bonchev–Trinajstić information content (AvgIpc) is 3.61. The molecule has 6 rings (SSSR count). The zero-order valence-electron chi connectivity index (χ0n) is 25.7. The molecule has 0 fully saturated rings. The number of aliphatic imine (C=N–C) groups is 1. The molecule has 0 saturated carbocycles. The van der Waals surface area contributed by atoms with Crippen LogP contribution in [0.4, 0.5) is 0 Å². The highest BCUT2D eigenvalue weighted by Crippen LogP contribution is 2.31. The molecule has 44 heavy (non-hydrogen) atoms.